The Morgan fingerprint density at radius 3 is 3.05 bits per heavy atom. The van der Waals surface area contributed by atoms with Gasteiger partial charge in [-0.1, -0.05) is 6.92 Å². The van der Waals surface area contributed by atoms with Crippen LogP contribution in [0.5, 0.6) is 0 Å². The lowest BCUT2D eigenvalue weighted by molar-refractivity contribution is 0.0954. The number of nitrogens with zero attached hydrogens (tertiary/aromatic N) is 2. The van der Waals surface area contributed by atoms with Gasteiger partial charge in [-0.05, 0) is 37.5 Å². The van der Waals surface area contributed by atoms with E-state index < -0.39 is 0 Å². The average Bonchev–Trinajstić information content (AvgIpc) is 2.52. The average molecular weight is 285 g/mol. The van der Waals surface area contributed by atoms with Crippen molar-refractivity contribution < 1.29 is 4.79 Å². The molecule has 0 saturated heterocycles. The molecule has 1 aliphatic rings. The highest BCUT2D eigenvalue weighted by Gasteiger charge is 2.15. The number of hydrogen-bond acceptors (Lipinski definition) is 3. The molecule has 5 heteroatoms. The van der Waals surface area contributed by atoms with Crippen LogP contribution >= 0.6 is 0 Å². The molecule has 1 aliphatic heterocycles. The Labute approximate surface area is 123 Å². The van der Waals surface area contributed by atoms with Gasteiger partial charge in [0, 0.05) is 25.1 Å². The predicted octanol–water partition coefficient (Wildman–Crippen LogP) is 1.87. The second-order valence-electron chi connectivity index (χ2n) is 5.43. The first-order chi connectivity index (χ1) is 10.2. The van der Waals surface area contributed by atoms with Crippen molar-refractivity contribution in [3.63, 3.8) is 0 Å². The standard InChI is InChI=1S/C16H19N3O2/c1-2-8-17-15(20)11-6-7-12-13(10-11)18-14-5-3-4-9-19(14)16(12)21/h6-7,10H,2-5,8-9H2,1H3,(H,17,20). The van der Waals surface area contributed by atoms with E-state index >= 15 is 0 Å². The number of rotatable bonds is 3. The largest absolute Gasteiger partial charge is 0.352 e. The first kappa shape index (κ1) is 13.8. The third-order valence-corrected chi connectivity index (χ3v) is 3.86. The fourth-order valence-electron chi connectivity index (χ4n) is 2.72. The van der Waals surface area contributed by atoms with Crippen LogP contribution in [0.1, 0.15) is 42.4 Å². The van der Waals surface area contributed by atoms with Gasteiger partial charge in [0.1, 0.15) is 5.82 Å². The number of hydrogen-bond donors (Lipinski definition) is 1. The molecule has 0 saturated carbocycles. The molecular formula is C16H19N3O2. The normalized spacial score (nSPS) is 14.0. The Balaban J connectivity index is 2.06. The molecule has 0 unspecified atom stereocenters. The lowest BCUT2D eigenvalue weighted by atomic mass is 10.1. The molecule has 1 N–H and O–H groups in total. The van der Waals surface area contributed by atoms with Gasteiger partial charge in [0.2, 0.25) is 0 Å². The second-order valence-corrected chi connectivity index (χ2v) is 5.43. The molecule has 0 spiro atoms. The summed E-state index contributed by atoms with van der Waals surface area (Å²) in [6.45, 7) is 3.41. The monoisotopic (exact) mass is 285 g/mol. The molecule has 21 heavy (non-hydrogen) atoms. The minimum Gasteiger partial charge on any atom is -0.352 e. The number of aryl methyl sites for hydroxylation is 1. The van der Waals surface area contributed by atoms with Gasteiger partial charge in [-0.2, -0.15) is 0 Å². The third-order valence-electron chi connectivity index (χ3n) is 3.86. The van der Waals surface area contributed by atoms with Crippen LogP contribution in [0.3, 0.4) is 0 Å². The molecular weight excluding hydrogens is 266 g/mol. The van der Waals surface area contributed by atoms with Crippen LogP contribution in [0.15, 0.2) is 23.0 Å². The minimum absolute atomic E-state index is 0.00946. The van der Waals surface area contributed by atoms with Crippen LogP contribution in [0, 0.1) is 0 Å². The summed E-state index contributed by atoms with van der Waals surface area (Å²) in [6.07, 6.45) is 3.82. The van der Waals surface area contributed by atoms with E-state index in [1.54, 1.807) is 22.8 Å². The van der Waals surface area contributed by atoms with Crippen LogP contribution in [0.4, 0.5) is 0 Å². The summed E-state index contributed by atoms with van der Waals surface area (Å²) in [5.74, 6) is 0.725. The van der Waals surface area contributed by atoms with Crippen molar-refractivity contribution in [2.45, 2.75) is 39.2 Å². The number of carbonyl (C=O) groups excluding carboxylic acids is 1. The highest BCUT2D eigenvalue weighted by atomic mass is 16.1. The van der Waals surface area contributed by atoms with Crippen LogP contribution in [-0.4, -0.2) is 22.0 Å². The topological polar surface area (TPSA) is 64.0 Å². The molecule has 110 valence electrons. The molecule has 5 nitrogen and oxygen atoms in total. The summed E-state index contributed by atoms with van der Waals surface area (Å²) in [4.78, 5) is 29.0. The van der Waals surface area contributed by atoms with Gasteiger partial charge >= 0.3 is 0 Å². The maximum atomic E-state index is 12.4. The van der Waals surface area contributed by atoms with Gasteiger partial charge in [0.15, 0.2) is 0 Å². The van der Waals surface area contributed by atoms with E-state index in [9.17, 15) is 9.59 Å². The first-order valence-electron chi connectivity index (χ1n) is 7.52. The van der Waals surface area contributed by atoms with Crippen molar-refractivity contribution in [2.75, 3.05) is 6.54 Å². The smallest absolute Gasteiger partial charge is 0.261 e. The Kier molecular flexibility index (Phi) is 3.73. The van der Waals surface area contributed by atoms with E-state index in [4.69, 9.17) is 0 Å². The first-order valence-corrected chi connectivity index (χ1v) is 7.52. The Morgan fingerprint density at radius 2 is 2.24 bits per heavy atom. The predicted molar refractivity (Wildman–Crippen MR) is 81.6 cm³/mol. The summed E-state index contributed by atoms with van der Waals surface area (Å²) in [5, 5.41) is 3.43. The second kappa shape index (κ2) is 5.68. The van der Waals surface area contributed by atoms with Crippen LogP contribution in [0.25, 0.3) is 10.9 Å². The maximum Gasteiger partial charge on any atom is 0.261 e. The van der Waals surface area contributed by atoms with Crippen LogP contribution in [0.2, 0.25) is 0 Å². The van der Waals surface area contributed by atoms with Crippen molar-refractivity contribution in [3.8, 4) is 0 Å². The molecule has 1 aromatic carbocycles. The summed E-state index contributed by atoms with van der Waals surface area (Å²) in [7, 11) is 0. The number of carbonyl (C=O) groups is 1. The molecule has 2 aromatic rings. The van der Waals surface area contributed by atoms with Gasteiger partial charge < -0.3 is 5.32 Å². The lowest BCUT2D eigenvalue weighted by Gasteiger charge is -2.17. The van der Waals surface area contributed by atoms with Gasteiger partial charge in [-0.25, -0.2) is 4.98 Å². The molecule has 3 rings (SSSR count). The molecule has 0 radical (unpaired) electrons. The summed E-state index contributed by atoms with van der Waals surface area (Å²) in [5.41, 5.74) is 1.19. The third kappa shape index (κ3) is 2.55. The Hall–Kier alpha value is -2.17. The van der Waals surface area contributed by atoms with Crippen molar-refractivity contribution in [1.29, 1.82) is 0 Å². The van der Waals surface area contributed by atoms with Crippen molar-refractivity contribution in [1.82, 2.24) is 14.9 Å². The van der Waals surface area contributed by atoms with Gasteiger partial charge in [0.05, 0.1) is 10.9 Å². The van der Waals surface area contributed by atoms with Crippen LogP contribution in [-0.2, 0) is 13.0 Å². The molecule has 1 amide bonds. The summed E-state index contributed by atoms with van der Waals surface area (Å²) < 4.78 is 1.77. The van der Waals surface area contributed by atoms with E-state index in [-0.39, 0.29) is 11.5 Å². The lowest BCUT2D eigenvalue weighted by Crippen LogP contribution is -2.28. The molecule has 1 aromatic heterocycles. The molecule has 0 fully saturated rings. The Bertz CT molecular complexity index is 749. The molecule has 0 atom stereocenters. The summed E-state index contributed by atoms with van der Waals surface area (Å²) >= 11 is 0. The maximum absolute atomic E-state index is 12.4. The Morgan fingerprint density at radius 1 is 1.38 bits per heavy atom. The van der Waals surface area contributed by atoms with E-state index in [0.717, 1.165) is 38.1 Å². The highest BCUT2D eigenvalue weighted by molar-refractivity contribution is 5.97. The number of benzene rings is 1. The molecule has 0 aliphatic carbocycles. The van der Waals surface area contributed by atoms with E-state index in [1.807, 2.05) is 6.92 Å². The zero-order valence-electron chi connectivity index (χ0n) is 12.2. The summed E-state index contributed by atoms with van der Waals surface area (Å²) in [6, 6.07) is 5.14. The van der Waals surface area contributed by atoms with Gasteiger partial charge in [-0.3, -0.25) is 14.2 Å². The van der Waals surface area contributed by atoms with Gasteiger partial charge in [0.25, 0.3) is 11.5 Å². The zero-order chi connectivity index (χ0) is 14.8. The van der Waals surface area contributed by atoms with E-state index in [0.29, 0.717) is 23.0 Å². The van der Waals surface area contributed by atoms with Crippen LogP contribution < -0.4 is 10.9 Å². The molecule has 0 bridgehead atoms. The molecule has 2 heterocycles. The van der Waals surface area contributed by atoms with E-state index in [2.05, 4.69) is 10.3 Å². The van der Waals surface area contributed by atoms with Crippen molar-refractivity contribution in [2.24, 2.45) is 0 Å². The van der Waals surface area contributed by atoms with Crippen molar-refractivity contribution in [3.05, 3.63) is 39.9 Å². The number of aromatic nitrogens is 2. The van der Waals surface area contributed by atoms with Crippen molar-refractivity contribution >= 4 is 16.8 Å². The minimum atomic E-state index is -0.113. The van der Waals surface area contributed by atoms with E-state index in [1.165, 1.54) is 0 Å². The fraction of sp³-hybridized carbons (Fsp3) is 0.438. The number of nitrogens with one attached hydrogen (secondary N) is 1. The zero-order valence-corrected chi connectivity index (χ0v) is 12.2. The number of amides is 1. The number of fused-ring (bicyclic) bond motifs is 2. The SMILES string of the molecule is CCCNC(=O)c1ccc2c(=O)n3c(nc2c1)CCCC3. The van der Waals surface area contributed by atoms with Gasteiger partial charge in [-0.15, -0.1) is 0 Å². The quantitative estimate of drug-likeness (QED) is 0.936. The highest BCUT2D eigenvalue weighted by Crippen LogP contribution is 2.16. The fourth-order valence-corrected chi connectivity index (χ4v) is 2.72.